The summed E-state index contributed by atoms with van der Waals surface area (Å²) in [5, 5.41) is 25.4. The van der Waals surface area contributed by atoms with E-state index in [2.05, 4.69) is 10.6 Å². The molecule has 1 fully saturated rings. The van der Waals surface area contributed by atoms with E-state index in [0.717, 1.165) is 24.9 Å². The first-order valence-electron chi connectivity index (χ1n) is 9.34. The van der Waals surface area contributed by atoms with Gasteiger partial charge in [-0.05, 0) is 50.7 Å². The van der Waals surface area contributed by atoms with E-state index in [4.69, 9.17) is 9.39 Å². The molecule has 27 heavy (non-hydrogen) atoms. The third-order valence-electron chi connectivity index (χ3n) is 4.84. The van der Waals surface area contributed by atoms with Gasteiger partial charge in [-0.2, -0.15) is 0 Å². The first kappa shape index (κ1) is 19.5. The van der Waals surface area contributed by atoms with Crippen molar-refractivity contribution in [3.8, 4) is 11.5 Å². The SMILES string of the molecule is CC(CNC(=O)CC1CCCN1)Oc1ccc2c(c1C(=O)O)OB(O)CC2. The number of carbonyl (C=O) groups excluding carboxylic acids is 1. The Kier molecular flexibility index (Phi) is 6.23. The molecule has 8 nitrogen and oxygen atoms in total. The van der Waals surface area contributed by atoms with Gasteiger partial charge in [0.15, 0.2) is 0 Å². The molecule has 0 aromatic heterocycles. The first-order chi connectivity index (χ1) is 12.9. The molecule has 2 aliphatic rings. The number of hydrogen-bond acceptors (Lipinski definition) is 6. The lowest BCUT2D eigenvalue weighted by Crippen LogP contribution is -2.37. The van der Waals surface area contributed by atoms with Crippen LogP contribution < -0.4 is 20.0 Å². The molecule has 3 rings (SSSR count). The molecule has 1 aromatic carbocycles. The summed E-state index contributed by atoms with van der Waals surface area (Å²) in [5.41, 5.74) is 0.634. The molecule has 2 heterocycles. The summed E-state index contributed by atoms with van der Waals surface area (Å²) in [7, 11) is -1.02. The van der Waals surface area contributed by atoms with E-state index in [9.17, 15) is 19.7 Å². The monoisotopic (exact) mass is 376 g/mol. The summed E-state index contributed by atoms with van der Waals surface area (Å²) >= 11 is 0. The molecule has 0 spiro atoms. The summed E-state index contributed by atoms with van der Waals surface area (Å²) < 4.78 is 11.1. The minimum absolute atomic E-state index is 0.0554. The lowest BCUT2D eigenvalue weighted by atomic mass is 9.78. The zero-order chi connectivity index (χ0) is 19.4. The van der Waals surface area contributed by atoms with E-state index in [1.54, 1.807) is 19.1 Å². The fourth-order valence-electron chi connectivity index (χ4n) is 3.46. The van der Waals surface area contributed by atoms with Crippen molar-refractivity contribution in [2.75, 3.05) is 13.1 Å². The van der Waals surface area contributed by atoms with Crippen LogP contribution in [0.2, 0.25) is 6.32 Å². The summed E-state index contributed by atoms with van der Waals surface area (Å²) in [6.07, 6.45) is 3.06. The maximum atomic E-state index is 12.0. The lowest BCUT2D eigenvalue weighted by Gasteiger charge is -2.24. The van der Waals surface area contributed by atoms with E-state index in [1.165, 1.54) is 0 Å². The van der Waals surface area contributed by atoms with Gasteiger partial charge in [0.05, 0.1) is 6.54 Å². The Morgan fingerprint density at radius 3 is 3.00 bits per heavy atom. The highest BCUT2D eigenvalue weighted by Crippen LogP contribution is 2.36. The lowest BCUT2D eigenvalue weighted by molar-refractivity contribution is -0.121. The molecule has 146 valence electrons. The maximum Gasteiger partial charge on any atom is 0.522 e. The van der Waals surface area contributed by atoms with Gasteiger partial charge in [0, 0.05) is 12.5 Å². The summed E-state index contributed by atoms with van der Waals surface area (Å²) in [6, 6.07) is 3.58. The molecule has 2 atom stereocenters. The Hall–Kier alpha value is -2.26. The molecule has 0 bridgehead atoms. The Balaban J connectivity index is 1.61. The average molecular weight is 376 g/mol. The molecule has 1 amide bonds. The number of ether oxygens (including phenoxy) is 1. The predicted molar refractivity (Wildman–Crippen MR) is 99.3 cm³/mol. The van der Waals surface area contributed by atoms with E-state index < -0.39 is 19.2 Å². The predicted octanol–water partition coefficient (Wildman–Crippen LogP) is 0.826. The molecular formula is C18H25BN2O6. The average Bonchev–Trinajstić information content (AvgIpc) is 3.12. The van der Waals surface area contributed by atoms with E-state index in [1.807, 2.05) is 0 Å². The molecule has 1 saturated heterocycles. The van der Waals surface area contributed by atoms with Crippen LogP contribution >= 0.6 is 0 Å². The van der Waals surface area contributed by atoms with Gasteiger partial charge in [-0.25, -0.2) is 4.79 Å². The quantitative estimate of drug-likeness (QED) is 0.521. The molecule has 4 N–H and O–H groups in total. The molecule has 0 saturated carbocycles. The number of amides is 1. The molecular weight excluding hydrogens is 351 g/mol. The number of rotatable bonds is 7. The highest BCUT2D eigenvalue weighted by atomic mass is 16.5. The van der Waals surface area contributed by atoms with Crippen molar-refractivity contribution >= 4 is 19.0 Å². The normalized spacial score (nSPS) is 19.8. The van der Waals surface area contributed by atoms with Gasteiger partial charge < -0.3 is 30.2 Å². The largest absolute Gasteiger partial charge is 0.535 e. The van der Waals surface area contributed by atoms with Crippen molar-refractivity contribution in [1.82, 2.24) is 10.6 Å². The van der Waals surface area contributed by atoms with Crippen molar-refractivity contribution in [2.24, 2.45) is 0 Å². The van der Waals surface area contributed by atoms with E-state index in [-0.39, 0.29) is 35.6 Å². The van der Waals surface area contributed by atoms with Gasteiger partial charge in [-0.15, -0.1) is 0 Å². The Bertz CT molecular complexity index is 707. The standard InChI is InChI=1S/C18H25BN2O6/c1-11(10-21-15(22)9-13-3-2-8-20-13)26-14-5-4-12-6-7-19(25)27-17(12)16(14)18(23)24/h4-5,11,13,20,25H,2-3,6-10H2,1H3,(H,21,22)(H,23,24). The number of benzene rings is 1. The van der Waals surface area contributed by atoms with Crippen molar-refractivity contribution in [1.29, 1.82) is 0 Å². The minimum Gasteiger partial charge on any atom is -0.535 e. The fourth-order valence-corrected chi connectivity index (χ4v) is 3.46. The van der Waals surface area contributed by atoms with Crippen LogP contribution in [0.4, 0.5) is 0 Å². The molecule has 9 heteroatoms. The van der Waals surface area contributed by atoms with E-state index >= 15 is 0 Å². The highest BCUT2D eigenvalue weighted by Gasteiger charge is 2.30. The van der Waals surface area contributed by atoms with Crippen molar-refractivity contribution in [3.05, 3.63) is 23.3 Å². The number of carboxylic acids is 1. The number of hydrogen-bond donors (Lipinski definition) is 4. The molecule has 1 aromatic rings. The zero-order valence-corrected chi connectivity index (χ0v) is 15.4. The number of carboxylic acid groups (broad SMARTS) is 1. The Labute approximate surface area is 158 Å². The second-order valence-corrected chi connectivity index (χ2v) is 7.07. The van der Waals surface area contributed by atoms with Crippen LogP contribution in [0.25, 0.3) is 0 Å². The number of fused-ring (bicyclic) bond motifs is 1. The van der Waals surface area contributed by atoms with Crippen LogP contribution in [-0.4, -0.2) is 54.4 Å². The van der Waals surface area contributed by atoms with Crippen LogP contribution in [0.3, 0.4) is 0 Å². The number of carbonyl (C=O) groups is 2. The summed E-state index contributed by atoms with van der Waals surface area (Å²) in [6.45, 7) is 2.98. The van der Waals surface area contributed by atoms with Crippen molar-refractivity contribution in [3.63, 3.8) is 0 Å². The fraction of sp³-hybridized carbons (Fsp3) is 0.556. The van der Waals surface area contributed by atoms with Crippen LogP contribution in [0.15, 0.2) is 12.1 Å². The molecule has 2 aliphatic heterocycles. The number of aryl methyl sites for hydroxylation is 1. The van der Waals surface area contributed by atoms with Crippen LogP contribution in [-0.2, 0) is 11.2 Å². The van der Waals surface area contributed by atoms with Gasteiger partial charge in [0.2, 0.25) is 5.91 Å². The van der Waals surface area contributed by atoms with Gasteiger partial charge >= 0.3 is 13.1 Å². The number of aromatic carboxylic acids is 1. The van der Waals surface area contributed by atoms with Gasteiger partial charge in [0.25, 0.3) is 0 Å². The van der Waals surface area contributed by atoms with Crippen LogP contribution in [0, 0.1) is 0 Å². The zero-order valence-electron chi connectivity index (χ0n) is 15.4. The molecule has 2 unspecified atom stereocenters. The minimum atomic E-state index is -1.18. The van der Waals surface area contributed by atoms with Gasteiger partial charge in [-0.3, -0.25) is 4.79 Å². The second-order valence-electron chi connectivity index (χ2n) is 7.07. The summed E-state index contributed by atoms with van der Waals surface area (Å²) in [5.74, 6) is -0.920. The second kappa shape index (κ2) is 8.62. The van der Waals surface area contributed by atoms with Gasteiger partial charge in [0.1, 0.15) is 23.2 Å². The van der Waals surface area contributed by atoms with E-state index in [0.29, 0.717) is 19.2 Å². The summed E-state index contributed by atoms with van der Waals surface area (Å²) in [4.78, 5) is 23.7. The Morgan fingerprint density at radius 1 is 1.48 bits per heavy atom. The smallest absolute Gasteiger partial charge is 0.522 e. The van der Waals surface area contributed by atoms with Crippen LogP contribution in [0.5, 0.6) is 11.5 Å². The first-order valence-corrected chi connectivity index (χ1v) is 9.34. The Morgan fingerprint density at radius 2 is 2.30 bits per heavy atom. The third kappa shape index (κ3) is 4.93. The third-order valence-corrected chi connectivity index (χ3v) is 4.84. The van der Waals surface area contributed by atoms with Gasteiger partial charge in [-0.1, -0.05) is 6.07 Å². The van der Waals surface area contributed by atoms with Crippen molar-refractivity contribution < 1.29 is 29.1 Å². The topological polar surface area (TPSA) is 117 Å². The highest BCUT2D eigenvalue weighted by molar-refractivity contribution is 6.44. The maximum absolute atomic E-state index is 12.0. The van der Waals surface area contributed by atoms with Crippen LogP contribution in [0.1, 0.15) is 42.1 Å². The molecule has 0 radical (unpaired) electrons. The molecule has 0 aliphatic carbocycles. The van der Waals surface area contributed by atoms with Crippen molar-refractivity contribution in [2.45, 2.75) is 51.1 Å². The number of nitrogens with one attached hydrogen (secondary N) is 2.